The number of hydrogen-bond acceptors (Lipinski definition) is 5. The van der Waals surface area contributed by atoms with Gasteiger partial charge in [-0.3, -0.25) is 4.79 Å². The average molecular weight is 487 g/mol. The first-order valence-electron chi connectivity index (χ1n) is 9.28. The number of nitrogens with one attached hydrogen (secondary N) is 1. The van der Waals surface area contributed by atoms with E-state index in [1.54, 1.807) is 29.5 Å². The molecule has 33 heavy (non-hydrogen) atoms. The second kappa shape index (κ2) is 10.0. The molecule has 1 atom stereocenters. The van der Waals surface area contributed by atoms with E-state index in [2.05, 4.69) is 9.36 Å². The summed E-state index contributed by atoms with van der Waals surface area (Å²) in [5.74, 6) is -14.9. The first-order chi connectivity index (χ1) is 15.6. The lowest BCUT2D eigenvalue weighted by molar-refractivity contribution is -0.147. The van der Waals surface area contributed by atoms with E-state index in [1.165, 1.54) is 19.1 Å². The van der Waals surface area contributed by atoms with Gasteiger partial charge in [-0.25, -0.2) is 17.7 Å². The number of benzene rings is 3. The second-order valence-electron chi connectivity index (χ2n) is 6.39. The van der Waals surface area contributed by atoms with Crippen LogP contribution in [0.2, 0.25) is 0 Å². The highest BCUT2D eigenvalue weighted by Crippen LogP contribution is 2.47. The zero-order chi connectivity index (χ0) is 24.2. The first-order valence-corrected chi connectivity index (χ1v) is 10.8. The van der Waals surface area contributed by atoms with Gasteiger partial charge in [-0.2, -0.15) is 8.78 Å². The molecule has 0 amide bonds. The van der Waals surface area contributed by atoms with Crippen LogP contribution in [0.3, 0.4) is 0 Å². The SMILES string of the molecule is CCC(=O)ONP(=O)(Oc1ccc(-c2ccccc2)cc1)Oc1c(F)c(F)c(F)c(F)c1F. The van der Waals surface area contributed by atoms with E-state index >= 15 is 0 Å². The molecule has 6 nitrogen and oxygen atoms in total. The van der Waals surface area contributed by atoms with Crippen LogP contribution in [0, 0.1) is 29.1 Å². The minimum absolute atomic E-state index is 0.193. The van der Waals surface area contributed by atoms with E-state index in [0.29, 0.717) is 0 Å². The molecule has 0 fully saturated rings. The minimum Gasteiger partial charge on any atom is -0.403 e. The van der Waals surface area contributed by atoms with Gasteiger partial charge in [0.1, 0.15) is 5.75 Å². The van der Waals surface area contributed by atoms with Crippen molar-refractivity contribution < 1.29 is 45.2 Å². The Morgan fingerprint density at radius 3 is 1.85 bits per heavy atom. The summed E-state index contributed by atoms with van der Waals surface area (Å²) in [4.78, 5) is 15.9. The largest absolute Gasteiger partial charge is 0.546 e. The van der Waals surface area contributed by atoms with Gasteiger partial charge in [0, 0.05) is 6.42 Å². The predicted octanol–water partition coefficient (Wildman–Crippen LogP) is 6.07. The van der Waals surface area contributed by atoms with Crippen molar-refractivity contribution in [2.45, 2.75) is 13.3 Å². The van der Waals surface area contributed by atoms with Crippen molar-refractivity contribution >= 4 is 13.7 Å². The van der Waals surface area contributed by atoms with Crippen LogP contribution in [0.5, 0.6) is 11.5 Å². The predicted molar refractivity (Wildman–Crippen MR) is 106 cm³/mol. The zero-order valence-electron chi connectivity index (χ0n) is 16.8. The van der Waals surface area contributed by atoms with Crippen LogP contribution in [0.15, 0.2) is 54.6 Å². The fourth-order valence-corrected chi connectivity index (χ4v) is 3.62. The van der Waals surface area contributed by atoms with E-state index in [-0.39, 0.29) is 12.2 Å². The third-order valence-electron chi connectivity index (χ3n) is 4.13. The Labute approximate surface area is 184 Å². The van der Waals surface area contributed by atoms with Gasteiger partial charge >= 0.3 is 13.7 Å². The van der Waals surface area contributed by atoms with Crippen molar-refractivity contribution in [1.29, 1.82) is 0 Å². The summed E-state index contributed by atoms with van der Waals surface area (Å²) in [5, 5.41) is 1.59. The number of hydrogen-bond donors (Lipinski definition) is 1. The normalized spacial score (nSPS) is 12.7. The molecule has 0 aromatic heterocycles. The molecule has 1 unspecified atom stereocenters. The molecule has 0 saturated carbocycles. The Bertz CT molecular complexity index is 1180. The zero-order valence-corrected chi connectivity index (χ0v) is 17.7. The van der Waals surface area contributed by atoms with Crippen LogP contribution in [0.25, 0.3) is 11.1 Å². The molecule has 0 aliphatic carbocycles. The van der Waals surface area contributed by atoms with Gasteiger partial charge in [0.05, 0.1) is 0 Å². The van der Waals surface area contributed by atoms with E-state index in [1.807, 2.05) is 18.2 Å². The van der Waals surface area contributed by atoms with Crippen LogP contribution in [-0.4, -0.2) is 5.97 Å². The molecule has 3 rings (SSSR count). The Morgan fingerprint density at radius 2 is 1.30 bits per heavy atom. The molecule has 0 aliphatic heterocycles. The van der Waals surface area contributed by atoms with E-state index in [4.69, 9.17) is 4.52 Å². The molecule has 0 spiro atoms. The summed E-state index contributed by atoms with van der Waals surface area (Å²) >= 11 is 0. The Morgan fingerprint density at radius 1 is 0.788 bits per heavy atom. The van der Waals surface area contributed by atoms with Crippen molar-refractivity contribution in [3.05, 3.63) is 83.7 Å². The van der Waals surface area contributed by atoms with Crippen LogP contribution >= 0.6 is 7.75 Å². The number of carbonyl (C=O) groups excluding carboxylic acids is 1. The number of carbonyl (C=O) groups is 1. The standard InChI is InChI=1S/C21H15F5NO5P/c1-2-15(28)30-27-33(29,32-21-19(25)17(23)16(22)18(24)20(21)26)31-14-10-8-13(9-11-14)12-6-4-3-5-7-12/h3-11H,2H2,1H3,(H,27,29). The molecule has 0 bridgehead atoms. The fourth-order valence-electron chi connectivity index (χ4n) is 2.50. The second-order valence-corrected chi connectivity index (χ2v) is 7.93. The Hall–Kier alpha value is -3.43. The monoisotopic (exact) mass is 487 g/mol. The van der Waals surface area contributed by atoms with Crippen molar-refractivity contribution in [2.75, 3.05) is 0 Å². The van der Waals surface area contributed by atoms with Gasteiger partial charge in [-0.15, -0.1) is 0 Å². The molecule has 3 aromatic carbocycles. The molecular formula is C21H15F5NO5P. The molecule has 174 valence electrons. The highest BCUT2D eigenvalue weighted by molar-refractivity contribution is 7.52. The molecular weight excluding hydrogens is 472 g/mol. The summed E-state index contributed by atoms with van der Waals surface area (Å²) < 4.78 is 91.0. The van der Waals surface area contributed by atoms with E-state index in [9.17, 15) is 31.3 Å². The average Bonchev–Trinajstić information content (AvgIpc) is 2.84. The third kappa shape index (κ3) is 5.50. The first kappa shape index (κ1) is 24.2. The van der Waals surface area contributed by atoms with Gasteiger partial charge in [0.15, 0.2) is 0 Å². The van der Waals surface area contributed by atoms with Crippen LogP contribution in [-0.2, 0) is 14.2 Å². The van der Waals surface area contributed by atoms with E-state index in [0.717, 1.165) is 11.1 Å². The maximum atomic E-state index is 14.0. The molecule has 0 saturated heterocycles. The Balaban J connectivity index is 1.93. The maximum Gasteiger partial charge on any atom is 0.546 e. The molecule has 1 N–H and O–H groups in total. The highest BCUT2D eigenvalue weighted by atomic mass is 31.2. The summed E-state index contributed by atoms with van der Waals surface area (Å²) in [5.41, 5.74) is 1.56. The third-order valence-corrected chi connectivity index (χ3v) is 5.32. The maximum absolute atomic E-state index is 14.0. The highest BCUT2D eigenvalue weighted by Gasteiger charge is 2.37. The molecule has 12 heteroatoms. The summed E-state index contributed by atoms with van der Waals surface area (Å²) in [6.07, 6.45) is -0.207. The fraction of sp³-hybridized carbons (Fsp3) is 0.0952. The summed E-state index contributed by atoms with van der Waals surface area (Å²) in [6.45, 7) is 1.38. The van der Waals surface area contributed by atoms with E-state index < -0.39 is 48.6 Å². The van der Waals surface area contributed by atoms with Gasteiger partial charge in [-0.05, 0) is 28.5 Å². The van der Waals surface area contributed by atoms with Gasteiger partial charge in [0.25, 0.3) is 0 Å². The van der Waals surface area contributed by atoms with Gasteiger partial charge in [-0.1, -0.05) is 49.4 Å². The molecule has 3 aromatic rings. The quantitative estimate of drug-likeness (QED) is 0.137. The number of halogens is 5. The lowest BCUT2D eigenvalue weighted by Gasteiger charge is -2.20. The molecule has 0 radical (unpaired) electrons. The van der Waals surface area contributed by atoms with Crippen LogP contribution in [0.4, 0.5) is 22.0 Å². The summed E-state index contributed by atoms with van der Waals surface area (Å²) in [6, 6.07) is 14.8. The van der Waals surface area contributed by atoms with Crippen LogP contribution in [0.1, 0.15) is 13.3 Å². The van der Waals surface area contributed by atoms with Crippen molar-refractivity contribution in [3.63, 3.8) is 0 Å². The molecule has 0 aliphatic rings. The van der Waals surface area contributed by atoms with Crippen LogP contribution < -0.4 is 14.3 Å². The smallest absolute Gasteiger partial charge is 0.403 e. The lowest BCUT2D eigenvalue weighted by atomic mass is 10.1. The number of rotatable bonds is 8. The van der Waals surface area contributed by atoms with Crippen molar-refractivity contribution in [3.8, 4) is 22.6 Å². The van der Waals surface area contributed by atoms with Gasteiger partial charge < -0.3 is 13.9 Å². The summed E-state index contributed by atoms with van der Waals surface area (Å²) in [7, 11) is -5.05. The Kier molecular flexibility index (Phi) is 7.35. The topological polar surface area (TPSA) is 73.9 Å². The van der Waals surface area contributed by atoms with Crippen molar-refractivity contribution in [1.82, 2.24) is 5.25 Å². The minimum atomic E-state index is -5.05. The van der Waals surface area contributed by atoms with Gasteiger partial charge in [0.2, 0.25) is 34.8 Å². The lowest BCUT2D eigenvalue weighted by Crippen LogP contribution is -2.23. The molecule has 0 heterocycles. The van der Waals surface area contributed by atoms with Crippen molar-refractivity contribution in [2.24, 2.45) is 0 Å².